The molecule has 0 unspecified atom stereocenters. The minimum Gasteiger partial charge on any atom is -0.355 e. The lowest BCUT2D eigenvalue weighted by Gasteiger charge is -2.34. The second-order valence-corrected chi connectivity index (χ2v) is 15.8. The number of para-hydroxylation sites is 1. The van der Waals surface area contributed by atoms with Crippen LogP contribution >= 0.6 is 0 Å². The van der Waals surface area contributed by atoms with Gasteiger partial charge in [-0.25, -0.2) is 4.79 Å². The molecule has 4 N–H and O–H groups in total. The van der Waals surface area contributed by atoms with Crippen molar-refractivity contribution < 1.29 is 24.0 Å². The number of fused-ring (bicyclic) bond motifs is 1. The number of likely N-dealkylation sites (tertiary alicyclic amines) is 1. The molecule has 11 heteroatoms. The molecule has 5 rings (SSSR count). The van der Waals surface area contributed by atoms with Crippen LogP contribution in [0.3, 0.4) is 0 Å². The molecule has 1 fully saturated rings. The lowest BCUT2D eigenvalue weighted by Crippen LogP contribution is -2.57. The largest absolute Gasteiger partial charge is 0.355 e. The van der Waals surface area contributed by atoms with Crippen LogP contribution in [0, 0.1) is 11.3 Å². The van der Waals surface area contributed by atoms with Crippen LogP contribution in [0.15, 0.2) is 84.9 Å². The number of urea groups is 1. The number of hydrogen-bond acceptors (Lipinski definition) is 5. The number of anilines is 1. The summed E-state index contributed by atoms with van der Waals surface area (Å²) in [5, 5.41) is 11.8. The summed E-state index contributed by atoms with van der Waals surface area (Å²) in [4.78, 5) is 71.5. The molecule has 0 aromatic heterocycles. The normalized spacial score (nSPS) is 17.0. The SMILES string of the molecule is CN(C(=O)C1CCN(C(=O)N[C@@H](CC(=O)NCC(C)(C)C)C(=O)N[C@@H](CCc2ccccc2)C(=O)N[C@@H]2CCCc3ccccc32)CC1)c1ccccc1. The average Bonchev–Trinajstić information content (AvgIpc) is 3.18. The molecule has 1 saturated heterocycles. The molecule has 288 valence electrons. The van der Waals surface area contributed by atoms with Crippen LogP contribution < -0.4 is 26.2 Å². The summed E-state index contributed by atoms with van der Waals surface area (Å²) >= 11 is 0. The number of hydrogen-bond donors (Lipinski definition) is 4. The van der Waals surface area contributed by atoms with Gasteiger partial charge in [-0.1, -0.05) is 93.6 Å². The predicted molar refractivity (Wildman–Crippen MR) is 211 cm³/mol. The summed E-state index contributed by atoms with van der Waals surface area (Å²) in [6.45, 7) is 7.00. The summed E-state index contributed by atoms with van der Waals surface area (Å²) in [6, 6.07) is 24.5. The van der Waals surface area contributed by atoms with Gasteiger partial charge >= 0.3 is 6.03 Å². The molecule has 0 saturated carbocycles. The molecule has 3 atom stereocenters. The van der Waals surface area contributed by atoms with E-state index in [1.807, 2.05) is 99.6 Å². The summed E-state index contributed by atoms with van der Waals surface area (Å²) < 4.78 is 0. The van der Waals surface area contributed by atoms with Gasteiger partial charge in [-0.05, 0) is 79.2 Å². The van der Waals surface area contributed by atoms with Crippen molar-refractivity contribution in [3.05, 3.63) is 102 Å². The van der Waals surface area contributed by atoms with E-state index in [0.29, 0.717) is 45.3 Å². The quantitative estimate of drug-likeness (QED) is 0.189. The van der Waals surface area contributed by atoms with Gasteiger partial charge in [0.25, 0.3) is 0 Å². The molecule has 3 aromatic carbocycles. The van der Waals surface area contributed by atoms with E-state index in [1.165, 1.54) is 5.56 Å². The first-order valence-electron chi connectivity index (χ1n) is 19.2. The Hall–Kier alpha value is -5.19. The van der Waals surface area contributed by atoms with Gasteiger partial charge in [-0.3, -0.25) is 19.2 Å². The number of aryl methyl sites for hydroxylation is 2. The second-order valence-electron chi connectivity index (χ2n) is 15.8. The zero-order chi connectivity index (χ0) is 38.7. The number of carbonyl (C=O) groups excluding carboxylic acids is 5. The van der Waals surface area contributed by atoms with E-state index in [-0.39, 0.29) is 41.5 Å². The first-order valence-corrected chi connectivity index (χ1v) is 19.2. The van der Waals surface area contributed by atoms with Gasteiger partial charge < -0.3 is 31.1 Å². The molecule has 1 aliphatic heterocycles. The van der Waals surface area contributed by atoms with E-state index in [1.54, 1.807) is 16.8 Å². The third kappa shape index (κ3) is 11.4. The molecule has 3 aromatic rings. The van der Waals surface area contributed by atoms with Gasteiger partial charge in [0.05, 0.1) is 12.5 Å². The van der Waals surface area contributed by atoms with Crippen molar-refractivity contribution in [3.8, 4) is 0 Å². The van der Waals surface area contributed by atoms with Crippen LogP contribution in [0.4, 0.5) is 10.5 Å². The van der Waals surface area contributed by atoms with Crippen LogP contribution in [-0.2, 0) is 32.0 Å². The lowest BCUT2D eigenvalue weighted by molar-refractivity contribution is -0.132. The molecule has 0 spiro atoms. The Morgan fingerprint density at radius 3 is 2.13 bits per heavy atom. The van der Waals surface area contributed by atoms with Crippen molar-refractivity contribution in [3.63, 3.8) is 0 Å². The number of nitrogens with zero attached hydrogens (tertiary/aromatic N) is 2. The van der Waals surface area contributed by atoms with Crippen LogP contribution in [0.25, 0.3) is 0 Å². The Bertz CT molecular complexity index is 1740. The molecule has 0 radical (unpaired) electrons. The Kier molecular flexibility index (Phi) is 13.9. The number of amides is 6. The van der Waals surface area contributed by atoms with E-state index < -0.39 is 24.0 Å². The molecular weight excluding hydrogens is 681 g/mol. The van der Waals surface area contributed by atoms with Gasteiger partial charge in [-0.2, -0.15) is 0 Å². The van der Waals surface area contributed by atoms with Crippen molar-refractivity contribution in [2.24, 2.45) is 11.3 Å². The van der Waals surface area contributed by atoms with Crippen molar-refractivity contribution in [2.45, 2.75) is 90.3 Å². The third-order valence-electron chi connectivity index (χ3n) is 10.3. The summed E-state index contributed by atoms with van der Waals surface area (Å²) in [7, 11) is 1.76. The summed E-state index contributed by atoms with van der Waals surface area (Å²) in [6.07, 6.45) is 4.19. The highest BCUT2D eigenvalue weighted by molar-refractivity contribution is 5.96. The summed E-state index contributed by atoms with van der Waals surface area (Å²) in [5.41, 5.74) is 3.94. The zero-order valence-electron chi connectivity index (χ0n) is 32.1. The maximum Gasteiger partial charge on any atom is 0.318 e. The van der Waals surface area contributed by atoms with E-state index in [4.69, 9.17) is 0 Å². The van der Waals surface area contributed by atoms with Gasteiger partial charge in [0.15, 0.2) is 0 Å². The second kappa shape index (κ2) is 18.7. The molecule has 0 bridgehead atoms. The minimum absolute atomic E-state index is 0.00873. The van der Waals surface area contributed by atoms with Crippen LogP contribution in [-0.4, -0.2) is 73.3 Å². The number of rotatable bonds is 13. The highest BCUT2D eigenvalue weighted by atomic mass is 16.2. The maximum atomic E-state index is 14.1. The topological polar surface area (TPSA) is 140 Å². The van der Waals surface area contributed by atoms with Crippen molar-refractivity contribution >= 4 is 35.3 Å². The Morgan fingerprint density at radius 1 is 0.796 bits per heavy atom. The van der Waals surface area contributed by atoms with Crippen molar-refractivity contribution in [2.75, 3.05) is 31.6 Å². The molecule has 6 amide bonds. The molecule has 2 aliphatic rings. The van der Waals surface area contributed by atoms with Gasteiger partial charge in [0.2, 0.25) is 23.6 Å². The third-order valence-corrected chi connectivity index (χ3v) is 10.3. The van der Waals surface area contributed by atoms with E-state index >= 15 is 0 Å². The minimum atomic E-state index is -1.23. The molecule has 1 heterocycles. The Morgan fingerprint density at radius 2 is 1.44 bits per heavy atom. The Labute approximate surface area is 319 Å². The standard InChI is InChI=1S/C43H56N6O5/c1-43(2,3)29-44-38(50)28-37(47-42(54)49-26-24-32(25-27-49)41(53)48(4)33-18-9-6-10-19-33)40(52)46-36(23-22-30-14-7-5-8-15-30)39(51)45-35-21-13-17-31-16-11-12-20-34(31)35/h5-12,14-16,18-20,32,35-37H,13,17,21-29H2,1-4H3,(H,44,50)(H,45,51)(H,46,52)(H,47,54)/t35-,36+,37+/m1/s1. The van der Waals surface area contributed by atoms with Gasteiger partial charge in [0, 0.05) is 38.3 Å². The van der Waals surface area contributed by atoms with E-state index in [9.17, 15) is 24.0 Å². The fourth-order valence-electron chi connectivity index (χ4n) is 7.13. The first-order chi connectivity index (χ1) is 25.9. The number of carbonyl (C=O) groups is 5. The highest BCUT2D eigenvalue weighted by Crippen LogP contribution is 2.30. The lowest BCUT2D eigenvalue weighted by atomic mass is 9.87. The predicted octanol–water partition coefficient (Wildman–Crippen LogP) is 5.30. The zero-order valence-corrected chi connectivity index (χ0v) is 32.1. The molecule has 54 heavy (non-hydrogen) atoms. The van der Waals surface area contributed by atoms with E-state index in [2.05, 4.69) is 27.3 Å². The van der Waals surface area contributed by atoms with E-state index in [0.717, 1.165) is 36.1 Å². The fraction of sp³-hybridized carbons (Fsp3) is 0.465. The highest BCUT2D eigenvalue weighted by Gasteiger charge is 2.34. The van der Waals surface area contributed by atoms with Gasteiger partial charge in [0.1, 0.15) is 12.1 Å². The molecule has 1 aliphatic carbocycles. The monoisotopic (exact) mass is 736 g/mol. The number of benzene rings is 3. The molecule has 11 nitrogen and oxygen atoms in total. The van der Waals surface area contributed by atoms with Crippen molar-refractivity contribution in [1.82, 2.24) is 26.2 Å². The van der Waals surface area contributed by atoms with Crippen LogP contribution in [0.1, 0.15) is 82.0 Å². The molecular formula is C43H56N6O5. The van der Waals surface area contributed by atoms with Crippen LogP contribution in [0.2, 0.25) is 0 Å². The van der Waals surface area contributed by atoms with Gasteiger partial charge in [-0.15, -0.1) is 0 Å². The van der Waals surface area contributed by atoms with Crippen LogP contribution in [0.5, 0.6) is 0 Å². The number of piperidine rings is 1. The maximum absolute atomic E-state index is 14.1. The Balaban J connectivity index is 1.28. The van der Waals surface area contributed by atoms with Crippen molar-refractivity contribution in [1.29, 1.82) is 0 Å². The summed E-state index contributed by atoms with van der Waals surface area (Å²) in [5.74, 6) is -1.56. The first kappa shape index (κ1) is 40.0. The fourth-order valence-corrected chi connectivity index (χ4v) is 7.13. The smallest absolute Gasteiger partial charge is 0.318 e. The average molecular weight is 737 g/mol. The number of nitrogens with one attached hydrogen (secondary N) is 4.